The van der Waals surface area contributed by atoms with Crippen molar-refractivity contribution in [3.8, 4) is 0 Å². The Morgan fingerprint density at radius 3 is 2.32 bits per heavy atom. The Balaban J connectivity index is 1.82. The van der Waals surface area contributed by atoms with Gasteiger partial charge in [0.25, 0.3) is 5.91 Å². The average molecular weight is 384 g/mol. The Morgan fingerprint density at radius 1 is 0.964 bits per heavy atom. The number of benzene rings is 2. The molecule has 142 valence electrons. The standard InChI is InChI=1S/C20H15F3N4O/c21-15-5-3-14(4-6-15)19(28)27-20(25-12-13-2-1-7-24-11-13)26-18-9-16(22)8-17(23)10-18/h1-11H,12H2,(H2,25,26,27,28). The molecule has 0 bridgehead atoms. The molecule has 0 fully saturated rings. The van der Waals surface area contributed by atoms with Crippen LogP contribution in [0.2, 0.25) is 0 Å². The van der Waals surface area contributed by atoms with Gasteiger partial charge in [-0.1, -0.05) is 6.07 Å². The third kappa shape index (κ3) is 5.41. The molecule has 0 aliphatic carbocycles. The number of nitrogens with one attached hydrogen (secondary N) is 2. The largest absolute Gasteiger partial charge is 0.326 e. The lowest BCUT2D eigenvalue weighted by Gasteiger charge is -2.12. The molecule has 2 N–H and O–H groups in total. The molecular weight excluding hydrogens is 369 g/mol. The highest BCUT2D eigenvalue weighted by molar-refractivity contribution is 6.09. The molecule has 0 saturated heterocycles. The zero-order chi connectivity index (χ0) is 19.9. The van der Waals surface area contributed by atoms with E-state index in [4.69, 9.17) is 0 Å². The predicted molar refractivity (Wildman–Crippen MR) is 99.2 cm³/mol. The summed E-state index contributed by atoms with van der Waals surface area (Å²) in [5, 5.41) is 5.21. The van der Waals surface area contributed by atoms with Crippen molar-refractivity contribution < 1.29 is 18.0 Å². The summed E-state index contributed by atoms with van der Waals surface area (Å²) in [7, 11) is 0. The topological polar surface area (TPSA) is 66.4 Å². The van der Waals surface area contributed by atoms with Crippen molar-refractivity contribution in [3.63, 3.8) is 0 Å². The van der Waals surface area contributed by atoms with Crippen molar-refractivity contribution in [1.82, 2.24) is 10.3 Å². The number of carbonyl (C=O) groups is 1. The number of hydrogen-bond acceptors (Lipinski definition) is 3. The smallest absolute Gasteiger partial charge is 0.257 e. The summed E-state index contributed by atoms with van der Waals surface area (Å²) in [6.45, 7) is 0.164. The highest BCUT2D eigenvalue weighted by Gasteiger charge is 2.11. The van der Waals surface area contributed by atoms with Gasteiger partial charge in [0.1, 0.15) is 17.5 Å². The minimum atomic E-state index is -0.779. The molecule has 8 heteroatoms. The monoisotopic (exact) mass is 384 g/mol. The van der Waals surface area contributed by atoms with E-state index < -0.39 is 23.4 Å². The summed E-state index contributed by atoms with van der Waals surface area (Å²) >= 11 is 0. The average Bonchev–Trinajstić information content (AvgIpc) is 2.66. The van der Waals surface area contributed by atoms with Gasteiger partial charge in [-0.2, -0.15) is 0 Å². The van der Waals surface area contributed by atoms with E-state index in [1.807, 2.05) is 0 Å². The van der Waals surface area contributed by atoms with Crippen molar-refractivity contribution in [2.24, 2.45) is 4.99 Å². The van der Waals surface area contributed by atoms with Crippen molar-refractivity contribution in [2.45, 2.75) is 6.54 Å². The number of aliphatic imine (C=N–C) groups is 1. The van der Waals surface area contributed by atoms with Gasteiger partial charge >= 0.3 is 0 Å². The van der Waals surface area contributed by atoms with E-state index in [0.717, 1.165) is 35.9 Å². The maximum absolute atomic E-state index is 13.4. The Bertz CT molecular complexity index is 972. The van der Waals surface area contributed by atoms with Crippen LogP contribution in [0.25, 0.3) is 0 Å². The second-order valence-corrected chi connectivity index (χ2v) is 5.77. The molecule has 0 unspecified atom stereocenters. The number of carbonyl (C=O) groups excluding carboxylic acids is 1. The molecule has 3 rings (SSSR count). The van der Waals surface area contributed by atoms with E-state index in [1.165, 1.54) is 12.1 Å². The number of pyridine rings is 1. The second-order valence-electron chi connectivity index (χ2n) is 5.77. The highest BCUT2D eigenvalue weighted by atomic mass is 19.1. The second kappa shape index (κ2) is 8.81. The molecule has 1 heterocycles. The van der Waals surface area contributed by atoms with Crippen LogP contribution >= 0.6 is 0 Å². The Morgan fingerprint density at radius 2 is 1.68 bits per heavy atom. The number of amides is 1. The molecule has 0 atom stereocenters. The minimum absolute atomic E-state index is 0.0248. The Labute approximate surface area is 159 Å². The number of halogens is 3. The molecule has 0 radical (unpaired) electrons. The lowest BCUT2D eigenvalue weighted by atomic mass is 10.2. The van der Waals surface area contributed by atoms with E-state index in [9.17, 15) is 18.0 Å². The van der Waals surface area contributed by atoms with E-state index in [-0.39, 0.29) is 23.8 Å². The number of hydrogen-bond donors (Lipinski definition) is 2. The van der Waals surface area contributed by atoms with E-state index in [0.29, 0.717) is 0 Å². The van der Waals surface area contributed by atoms with Crippen LogP contribution in [0.5, 0.6) is 0 Å². The van der Waals surface area contributed by atoms with Crippen molar-refractivity contribution in [3.05, 3.63) is 95.6 Å². The number of rotatable bonds is 4. The SMILES string of the molecule is O=C(NC(=NCc1cccnc1)Nc1cc(F)cc(F)c1)c1ccc(F)cc1. The summed E-state index contributed by atoms with van der Waals surface area (Å²) in [4.78, 5) is 20.6. The van der Waals surface area contributed by atoms with Gasteiger partial charge in [0, 0.05) is 29.7 Å². The van der Waals surface area contributed by atoms with Gasteiger partial charge in [0.05, 0.1) is 6.54 Å². The van der Waals surface area contributed by atoms with Crippen LogP contribution in [-0.4, -0.2) is 16.9 Å². The fourth-order valence-electron chi connectivity index (χ4n) is 2.32. The minimum Gasteiger partial charge on any atom is -0.326 e. The zero-order valence-corrected chi connectivity index (χ0v) is 14.5. The molecular formula is C20H15F3N4O. The van der Waals surface area contributed by atoms with Gasteiger partial charge in [-0.3, -0.25) is 15.1 Å². The first-order valence-corrected chi connectivity index (χ1v) is 8.23. The number of nitrogens with zero attached hydrogens (tertiary/aromatic N) is 2. The van der Waals surface area contributed by atoms with Crippen LogP contribution in [0.15, 0.2) is 72.0 Å². The summed E-state index contributed by atoms with van der Waals surface area (Å²) in [6.07, 6.45) is 3.21. The molecule has 0 aliphatic rings. The van der Waals surface area contributed by atoms with Crippen LogP contribution in [0.3, 0.4) is 0 Å². The molecule has 28 heavy (non-hydrogen) atoms. The molecule has 5 nitrogen and oxygen atoms in total. The van der Waals surface area contributed by atoms with Crippen molar-refractivity contribution in [2.75, 3.05) is 5.32 Å². The van der Waals surface area contributed by atoms with Gasteiger partial charge in [-0.15, -0.1) is 0 Å². The van der Waals surface area contributed by atoms with Gasteiger partial charge in [-0.05, 0) is 48.0 Å². The van der Waals surface area contributed by atoms with Crippen molar-refractivity contribution >= 4 is 17.6 Å². The molecule has 0 spiro atoms. The normalized spacial score (nSPS) is 11.2. The molecule has 2 aromatic carbocycles. The zero-order valence-electron chi connectivity index (χ0n) is 14.5. The first-order valence-electron chi connectivity index (χ1n) is 8.23. The number of anilines is 1. The summed E-state index contributed by atoms with van der Waals surface area (Å²) in [6, 6.07) is 11.3. The lowest BCUT2D eigenvalue weighted by molar-refractivity contribution is 0.0977. The van der Waals surface area contributed by atoms with E-state index in [2.05, 4.69) is 20.6 Å². The van der Waals surface area contributed by atoms with Gasteiger partial charge in [-0.25, -0.2) is 18.2 Å². The van der Waals surface area contributed by atoms with Gasteiger partial charge in [0.15, 0.2) is 0 Å². The van der Waals surface area contributed by atoms with Crippen molar-refractivity contribution in [1.29, 1.82) is 0 Å². The predicted octanol–water partition coefficient (Wildman–Crippen LogP) is 3.90. The highest BCUT2D eigenvalue weighted by Crippen LogP contribution is 2.13. The Hall–Kier alpha value is -3.68. The van der Waals surface area contributed by atoms with Crippen LogP contribution < -0.4 is 10.6 Å². The molecule has 0 saturated carbocycles. The molecule has 3 aromatic rings. The fraction of sp³-hybridized carbons (Fsp3) is 0.0500. The fourth-order valence-corrected chi connectivity index (χ4v) is 2.32. The van der Waals surface area contributed by atoms with E-state index in [1.54, 1.807) is 24.5 Å². The lowest BCUT2D eigenvalue weighted by Crippen LogP contribution is -2.36. The van der Waals surface area contributed by atoms with Gasteiger partial charge in [0.2, 0.25) is 5.96 Å². The van der Waals surface area contributed by atoms with Crippen LogP contribution in [0.1, 0.15) is 15.9 Å². The molecule has 0 aliphatic heterocycles. The summed E-state index contributed by atoms with van der Waals surface area (Å²) in [5.41, 5.74) is 1.03. The quantitative estimate of drug-likeness (QED) is 0.530. The Kier molecular flexibility index (Phi) is 6.01. The maximum atomic E-state index is 13.4. The molecule has 1 amide bonds. The number of aromatic nitrogens is 1. The van der Waals surface area contributed by atoms with E-state index >= 15 is 0 Å². The first-order chi connectivity index (χ1) is 13.5. The summed E-state index contributed by atoms with van der Waals surface area (Å²) in [5.74, 6) is -2.62. The van der Waals surface area contributed by atoms with Gasteiger partial charge < -0.3 is 5.32 Å². The van der Waals surface area contributed by atoms with Crippen LogP contribution in [0, 0.1) is 17.5 Å². The maximum Gasteiger partial charge on any atom is 0.257 e. The third-order valence-electron chi connectivity index (χ3n) is 3.61. The summed E-state index contributed by atoms with van der Waals surface area (Å²) < 4.78 is 39.9. The van der Waals surface area contributed by atoms with Crippen LogP contribution in [0.4, 0.5) is 18.9 Å². The molecule has 1 aromatic heterocycles. The number of guanidine groups is 1. The van der Waals surface area contributed by atoms with Crippen LogP contribution in [-0.2, 0) is 6.54 Å². The first kappa shape index (κ1) is 19.1. The third-order valence-corrected chi connectivity index (χ3v) is 3.61.